The Hall–Kier alpha value is -1.67. The molecule has 3 N–H and O–H groups in total. The van der Waals surface area contributed by atoms with Crippen molar-refractivity contribution in [3.05, 3.63) is 46.8 Å². The van der Waals surface area contributed by atoms with Gasteiger partial charge in [0.2, 0.25) is 10.0 Å². The lowest BCUT2D eigenvalue weighted by molar-refractivity contribution is 0.600. The van der Waals surface area contributed by atoms with E-state index in [0.29, 0.717) is 16.6 Å². The highest BCUT2D eigenvalue weighted by Crippen LogP contribution is 2.22. The molecule has 0 aromatic carbocycles. The summed E-state index contributed by atoms with van der Waals surface area (Å²) in [4.78, 5) is 8.02. The van der Waals surface area contributed by atoms with Gasteiger partial charge in [-0.15, -0.1) is 0 Å². The van der Waals surface area contributed by atoms with E-state index in [2.05, 4.69) is 30.6 Å². The number of hydrogen-bond acceptors (Lipinski definition) is 5. The van der Waals surface area contributed by atoms with Crippen molar-refractivity contribution in [2.45, 2.75) is 6.42 Å². The van der Waals surface area contributed by atoms with Crippen LogP contribution in [0.3, 0.4) is 0 Å². The first kappa shape index (κ1) is 14.7. The lowest BCUT2D eigenvalue weighted by Gasteiger charge is -2.09. The van der Waals surface area contributed by atoms with Gasteiger partial charge >= 0.3 is 0 Å². The Morgan fingerprint density at radius 2 is 2.10 bits per heavy atom. The minimum atomic E-state index is -3.49. The van der Waals surface area contributed by atoms with E-state index in [1.807, 2.05) is 6.07 Å². The Labute approximate surface area is 125 Å². The third-order valence-electron chi connectivity index (χ3n) is 2.47. The number of sulfonamides is 1. The number of nitrogens with one attached hydrogen (secondary N) is 1. The summed E-state index contributed by atoms with van der Waals surface area (Å²) in [5, 5.41) is 0. The predicted octanol–water partition coefficient (Wildman–Crippen LogP) is 1.81. The zero-order chi connectivity index (χ0) is 14.6. The Morgan fingerprint density at radius 3 is 2.75 bits per heavy atom. The predicted molar refractivity (Wildman–Crippen MR) is 81.7 cm³/mol. The van der Waals surface area contributed by atoms with Gasteiger partial charge in [-0.2, -0.15) is 0 Å². The minimum Gasteiger partial charge on any atom is -0.397 e. The Morgan fingerprint density at radius 1 is 1.30 bits per heavy atom. The monoisotopic (exact) mass is 356 g/mol. The number of pyridine rings is 2. The topological polar surface area (TPSA) is 98.0 Å². The van der Waals surface area contributed by atoms with Crippen molar-refractivity contribution in [2.24, 2.45) is 0 Å². The van der Waals surface area contributed by atoms with Gasteiger partial charge in [-0.05, 0) is 34.1 Å². The molecule has 0 spiro atoms. The van der Waals surface area contributed by atoms with Crippen LogP contribution in [0.1, 0.15) is 5.69 Å². The molecule has 2 rings (SSSR count). The Kier molecular flexibility index (Phi) is 4.56. The molecule has 0 atom stereocenters. The maximum atomic E-state index is 12.0. The highest BCUT2D eigenvalue weighted by Gasteiger charge is 2.14. The van der Waals surface area contributed by atoms with E-state index in [0.717, 1.165) is 5.69 Å². The zero-order valence-electron chi connectivity index (χ0n) is 10.5. The molecule has 0 aliphatic rings. The number of hydrogen-bond donors (Lipinski definition) is 2. The molecule has 0 aliphatic heterocycles. The smallest absolute Gasteiger partial charge is 0.234 e. The van der Waals surface area contributed by atoms with Gasteiger partial charge in [-0.3, -0.25) is 9.71 Å². The molecule has 0 radical (unpaired) electrons. The van der Waals surface area contributed by atoms with Crippen LogP contribution in [-0.2, 0) is 16.4 Å². The van der Waals surface area contributed by atoms with Crippen LogP contribution in [-0.4, -0.2) is 24.1 Å². The molecule has 2 heterocycles. The average Bonchev–Trinajstić information content (AvgIpc) is 2.41. The van der Waals surface area contributed by atoms with Gasteiger partial charge in [0.05, 0.1) is 22.1 Å². The number of anilines is 2. The van der Waals surface area contributed by atoms with E-state index in [4.69, 9.17) is 5.73 Å². The molecule has 20 heavy (non-hydrogen) atoms. The number of nitrogens with two attached hydrogens (primary N) is 1. The van der Waals surface area contributed by atoms with Gasteiger partial charge in [0.15, 0.2) is 5.82 Å². The van der Waals surface area contributed by atoms with Gasteiger partial charge in [0.1, 0.15) is 0 Å². The van der Waals surface area contributed by atoms with Crippen LogP contribution in [0.5, 0.6) is 0 Å². The van der Waals surface area contributed by atoms with Gasteiger partial charge < -0.3 is 5.73 Å². The van der Waals surface area contributed by atoms with E-state index >= 15 is 0 Å². The molecule has 2 aromatic heterocycles. The van der Waals surface area contributed by atoms with Crippen molar-refractivity contribution >= 4 is 37.5 Å². The lowest BCUT2D eigenvalue weighted by atomic mass is 10.3. The molecule has 0 amide bonds. The summed E-state index contributed by atoms with van der Waals surface area (Å²) in [6.45, 7) is 0. The van der Waals surface area contributed by atoms with Crippen molar-refractivity contribution in [2.75, 3.05) is 16.2 Å². The summed E-state index contributed by atoms with van der Waals surface area (Å²) >= 11 is 3.21. The maximum Gasteiger partial charge on any atom is 0.234 e. The highest BCUT2D eigenvalue weighted by molar-refractivity contribution is 9.10. The number of nitrogen functional groups attached to an aromatic ring is 1. The maximum absolute atomic E-state index is 12.0. The molecule has 0 aliphatic carbocycles. The molecule has 2 aromatic rings. The van der Waals surface area contributed by atoms with Crippen molar-refractivity contribution in [1.82, 2.24) is 9.97 Å². The van der Waals surface area contributed by atoms with Crippen LogP contribution in [0.4, 0.5) is 11.5 Å². The van der Waals surface area contributed by atoms with Gasteiger partial charge in [-0.1, -0.05) is 6.07 Å². The fourth-order valence-electron chi connectivity index (χ4n) is 1.51. The molecular formula is C12H13BrN4O2S. The minimum absolute atomic E-state index is 0.0670. The molecule has 6 nitrogen and oxygen atoms in total. The van der Waals surface area contributed by atoms with Crippen LogP contribution >= 0.6 is 15.9 Å². The first-order chi connectivity index (χ1) is 9.46. The van der Waals surface area contributed by atoms with Crippen molar-refractivity contribution in [3.8, 4) is 0 Å². The van der Waals surface area contributed by atoms with Crippen LogP contribution in [0, 0.1) is 0 Å². The number of halogens is 1. The van der Waals surface area contributed by atoms with Gasteiger partial charge in [0, 0.05) is 18.3 Å². The summed E-state index contributed by atoms with van der Waals surface area (Å²) < 4.78 is 26.9. The molecule has 106 valence electrons. The highest BCUT2D eigenvalue weighted by atomic mass is 79.9. The normalized spacial score (nSPS) is 11.2. The van der Waals surface area contributed by atoms with Crippen molar-refractivity contribution in [3.63, 3.8) is 0 Å². The van der Waals surface area contributed by atoms with E-state index in [-0.39, 0.29) is 11.6 Å². The largest absolute Gasteiger partial charge is 0.397 e. The van der Waals surface area contributed by atoms with Gasteiger partial charge in [0.25, 0.3) is 0 Å². The second-order valence-corrected chi connectivity index (χ2v) is 6.79. The Bertz CT molecular complexity index is 692. The van der Waals surface area contributed by atoms with E-state index in [9.17, 15) is 8.42 Å². The quantitative estimate of drug-likeness (QED) is 0.850. The molecule has 0 saturated carbocycles. The van der Waals surface area contributed by atoms with Crippen LogP contribution in [0.15, 0.2) is 41.1 Å². The molecule has 0 bridgehead atoms. The first-order valence-electron chi connectivity index (χ1n) is 5.78. The average molecular weight is 357 g/mol. The lowest BCUT2D eigenvalue weighted by Crippen LogP contribution is -2.19. The summed E-state index contributed by atoms with van der Waals surface area (Å²) in [5.74, 6) is 0.155. The summed E-state index contributed by atoms with van der Waals surface area (Å²) in [6.07, 6.45) is 3.36. The van der Waals surface area contributed by atoms with E-state index < -0.39 is 10.0 Å². The second-order valence-electron chi connectivity index (χ2n) is 4.09. The summed E-state index contributed by atoms with van der Waals surface area (Å²) in [5.41, 5.74) is 6.72. The van der Waals surface area contributed by atoms with E-state index in [1.165, 1.54) is 6.20 Å². The fourth-order valence-corrected chi connectivity index (χ4v) is 3.15. The van der Waals surface area contributed by atoms with Crippen LogP contribution in [0.2, 0.25) is 0 Å². The molecule has 0 unspecified atom stereocenters. The Balaban J connectivity index is 2.04. The zero-order valence-corrected chi connectivity index (χ0v) is 12.9. The van der Waals surface area contributed by atoms with Crippen LogP contribution < -0.4 is 10.5 Å². The SMILES string of the molecule is Nc1cnc(NS(=O)(=O)CCc2ccccn2)c(Br)c1. The summed E-state index contributed by atoms with van der Waals surface area (Å²) in [7, 11) is -3.49. The fraction of sp³-hybridized carbons (Fsp3) is 0.167. The molecule has 8 heteroatoms. The third kappa shape index (κ3) is 4.17. The second kappa shape index (κ2) is 6.19. The number of rotatable bonds is 5. The van der Waals surface area contributed by atoms with E-state index in [1.54, 1.807) is 24.4 Å². The van der Waals surface area contributed by atoms with Gasteiger partial charge in [-0.25, -0.2) is 13.4 Å². The third-order valence-corrected chi connectivity index (χ3v) is 4.32. The number of aryl methyl sites for hydroxylation is 1. The molecular weight excluding hydrogens is 344 g/mol. The van der Waals surface area contributed by atoms with Crippen molar-refractivity contribution in [1.29, 1.82) is 0 Å². The molecule has 0 saturated heterocycles. The standard InChI is InChI=1S/C12H13BrN4O2S/c13-11-7-9(14)8-16-12(11)17-20(18,19)6-4-10-3-1-2-5-15-10/h1-3,5,7-8H,4,6,14H2,(H,16,17). The number of nitrogens with zero attached hydrogens (tertiary/aromatic N) is 2. The number of aromatic nitrogens is 2. The van der Waals surface area contributed by atoms with Crippen molar-refractivity contribution < 1.29 is 8.42 Å². The molecule has 0 fully saturated rings. The van der Waals surface area contributed by atoms with Crippen LogP contribution in [0.25, 0.3) is 0 Å². The summed E-state index contributed by atoms with van der Waals surface area (Å²) in [6, 6.07) is 6.97. The first-order valence-corrected chi connectivity index (χ1v) is 8.22.